The zero-order valence-corrected chi connectivity index (χ0v) is 18.0. The highest BCUT2D eigenvalue weighted by Gasteiger charge is 2.29. The number of carboxylic acid groups (broad SMARTS) is 1. The Labute approximate surface area is 196 Å². The normalized spacial score (nSPS) is 15.2. The molecular weight excluding hydrogens is 465 g/mol. The number of nitriles is 1. The number of carbonyl (C=O) groups is 1. The predicted octanol–water partition coefficient (Wildman–Crippen LogP) is 5.13. The van der Waals surface area contributed by atoms with Crippen LogP contribution >= 0.6 is 0 Å². The van der Waals surface area contributed by atoms with Crippen LogP contribution in [0.1, 0.15) is 30.0 Å². The molecular formula is C24H17F3N4O4. The van der Waals surface area contributed by atoms with Crippen molar-refractivity contribution < 1.29 is 32.3 Å². The first-order valence-corrected chi connectivity index (χ1v) is 10.6. The highest BCUT2D eigenvalue weighted by Crippen LogP contribution is 2.37. The van der Waals surface area contributed by atoms with Crippen molar-refractivity contribution in [3.63, 3.8) is 0 Å². The lowest BCUT2D eigenvalue weighted by Gasteiger charge is -2.10. The number of alkyl halides is 3. The molecule has 0 unspecified atom stereocenters. The first-order valence-electron chi connectivity index (χ1n) is 10.6. The number of hydrogen-bond donors (Lipinski definition) is 1. The minimum atomic E-state index is -4.52. The van der Waals surface area contributed by atoms with Gasteiger partial charge >= 0.3 is 12.1 Å². The Morgan fingerprint density at radius 2 is 2.03 bits per heavy atom. The molecule has 4 aromatic rings. The maximum Gasteiger partial charge on any atom is 0.422 e. The van der Waals surface area contributed by atoms with Crippen molar-refractivity contribution in [1.82, 2.24) is 14.7 Å². The van der Waals surface area contributed by atoms with E-state index in [2.05, 4.69) is 14.7 Å². The maximum absolute atomic E-state index is 12.4. The molecule has 0 radical (unpaired) electrons. The van der Waals surface area contributed by atoms with Gasteiger partial charge in [0.1, 0.15) is 11.8 Å². The summed E-state index contributed by atoms with van der Waals surface area (Å²) >= 11 is 0. The van der Waals surface area contributed by atoms with Crippen molar-refractivity contribution in [3.8, 4) is 34.7 Å². The molecule has 1 atom stereocenters. The third kappa shape index (κ3) is 4.42. The lowest BCUT2D eigenvalue weighted by Crippen LogP contribution is -2.19. The van der Waals surface area contributed by atoms with Gasteiger partial charge in [-0.3, -0.25) is 4.79 Å². The van der Waals surface area contributed by atoms with E-state index in [4.69, 9.17) is 14.4 Å². The number of benzene rings is 2. The number of carboxylic acids is 1. The van der Waals surface area contributed by atoms with Gasteiger partial charge in [0.2, 0.25) is 5.82 Å². The molecule has 0 fully saturated rings. The molecule has 11 heteroatoms. The Balaban J connectivity index is 1.41. The molecule has 1 aliphatic rings. The van der Waals surface area contributed by atoms with Crippen molar-refractivity contribution >= 4 is 16.9 Å². The summed E-state index contributed by atoms with van der Waals surface area (Å²) in [6.45, 7) is -0.749. The van der Waals surface area contributed by atoms with Crippen LogP contribution in [0, 0.1) is 11.3 Å². The average Bonchev–Trinajstić information content (AvgIpc) is 3.53. The minimum absolute atomic E-state index is 0.0301. The van der Waals surface area contributed by atoms with Crippen LogP contribution in [0.15, 0.2) is 47.0 Å². The third-order valence-electron chi connectivity index (χ3n) is 5.90. The standard InChI is InChI=1S/C24H17F3N4O4/c25-24(26,27)12-34-20-4-2-15(8-17(20)11-28)23-29-22(30-35-23)14-1-3-18-16(7-14)9-19-13(10-21(32)33)5-6-31(18)19/h1-4,7-9,13H,5-6,10,12H2,(H,32,33)/t13-/m1/s1. The molecule has 0 bridgehead atoms. The summed E-state index contributed by atoms with van der Waals surface area (Å²) in [6.07, 6.45) is -3.65. The Hall–Kier alpha value is -4.33. The van der Waals surface area contributed by atoms with Crippen molar-refractivity contribution in [2.75, 3.05) is 6.61 Å². The molecule has 3 heterocycles. The van der Waals surface area contributed by atoms with E-state index in [9.17, 15) is 23.2 Å². The molecule has 0 amide bonds. The number of ether oxygens (including phenoxy) is 1. The van der Waals surface area contributed by atoms with Crippen LogP contribution in [0.5, 0.6) is 5.75 Å². The third-order valence-corrected chi connectivity index (χ3v) is 5.90. The van der Waals surface area contributed by atoms with E-state index in [1.807, 2.05) is 30.3 Å². The van der Waals surface area contributed by atoms with Crippen LogP contribution in [-0.2, 0) is 11.3 Å². The number of aryl methyl sites for hydroxylation is 1. The smallest absolute Gasteiger partial charge is 0.422 e. The van der Waals surface area contributed by atoms with Crippen molar-refractivity contribution in [1.29, 1.82) is 5.26 Å². The Bertz CT molecular complexity index is 1480. The van der Waals surface area contributed by atoms with E-state index in [-0.39, 0.29) is 29.5 Å². The zero-order valence-electron chi connectivity index (χ0n) is 18.0. The van der Waals surface area contributed by atoms with Gasteiger partial charge in [0.15, 0.2) is 6.61 Å². The second kappa shape index (κ2) is 8.47. The summed E-state index contributed by atoms with van der Waals surface area (Å²) in [6, 6.07) is 13.5. The Kier molecular flexibility index (Phi) is 5.43. The van der Waals surface area contributed by atoms with Crippen LogP contribution in [0.25, 0.3) is 33.7 Å². The number of rotatable bonds is 6. The molecule has 5 rings (SSSR count). The molecule has 178 valence electrons. The Morgan fingerprint density at radius 3 is 2.77 bits per heavy atom. The van der Waals surface area contributed by atoms with E-state index in [1.54, 1.807) is 0 Å². The number of halogens is 3. The highest BCUT2D eigenvalue weighted by atomic mass is 19.4. The summed E-state index contributed by atoms with van der Waals surface area (Å²) in [7, 11) is 0. The van der Waals surface area contributed by atoms with Crippen molar-refractivity contribution in [3.05, 3.63) is 53.7 Å². The summed E-state index contributed by atoms with van der Waals surface area (Å²) in [5, 5.41) is 23.4. The van der Waals surface area contributed by atoms with Crippen LogP contribution in [0.3, 0.4) is 0 Å². The fourth-order valence-corrected chi connectivity index (χ4v) is 4.36. The van der Waals surface area contributed by atoms with Crippen molar-refractivity contribution in [2.24, 2.45) is 0 Å². The molecule has 1 aliphatic heterocycles. The molecule has 1 N–H and O–H groups in total. The number of fused-ring (bicyclic) bond motifs is 3. The van der Waals surface area contributed by atoms with Gasteiger partial charge in [0.05, 0.1) is 12.0 Å². The van der Waals surface area contributed by atoms with E-state index >= 15 is 0 Å². The summed E-state index contributed by atoms with van der Waals surface area (Å²) in [5.74, 6) is -0.654. The number of aliphatic carboxylic acids is 1. The quantitative estimate of drug-likeness (QED) is 0.405. The first kappa shape index (κ1) is 22.5. The molecule has 8 nitrogen and oxygen atoms in total. The molecule has 0 spiro atoms. The fraction of sp³-hybridized carbons (Fsp3) is 0.250. The van der Waals surface area contributed by atoms with Crippen LogP contribution in [-0.4, -0.2) is 38.6 Å². The molecule has 2 aromatic heterocycles. The second-order valence-electron chi connectivity index (χ2n) is 8.23. The minimum Gasteiger partial charge on any atom is -0.483 e. The van der Waals surface area contributed by atoms with E-state index in [0.717, 1.165) is 29.6 Å². The van der Waals surface area contributed by atoms with E-state index in [1.165, 1.54) is 18.2 Å². The van der Waals surface area contributed by atoms with E-state index in [0.29, 0.717) is 17.0 Å². The molecule has 2 aromatic carbocycles. The summed E-state index contributed by atoms with van der Waals surface area (Å²) < 4.78 is 49.5. The van der Waals surface area contributed by atoms with Crippen LogP contribution < -0.4 is 4.74 Å². The lowest BCUT2D eigenvalue weighted by atomic mass is 10.0. The molecule has 0 saturated heterocycles. The first-order chi connectivity index (χ1) is 16.7. The number of aromatic nitrogens is 3. The molecule has 35 heavy (non-hydrogen) atoms. The van der Waals surface area contributed by atoms with Gasteiger partial charge in [-0.25, -0.2) is 0 Å². The van der Waals surface area contributed by atoms with Crippen LogP contribution in [0.2, 0.25) is 0 Å². The van der Waals surface area contributed by atoms with Gasteiger partial charge in [0, 0.05) is 40.2 Å². The SMILES string of the molecule is N#Cc1cc(-c2nc(-c3ccc4c(c3)cc3n4CC[C@@H]3CC(=O)O)no2)ccc1OCC(F)(F)F. The second-order valence-corrected chi connectivity index (χ2v) is 8.23. The van der Waals surface area contributed by atoms with Gasteiger partial charge < -0.3 is 18.9 Å². The van der Waals surface area contributed by atoms with Gasteiger partial charge in [-0.1, -0.05) is 5.16 Å². The zero-order chi connectivity index (χ0) is 24.7. The largest absolute Gasteiger partial charge is 0.483 e. The summed E-state index contributed by atoms with van der Waals surface area (Å²) in [4.78, 5) is 15.5. The number of hydrogen-bond acceptors (Lipinski definition) is 6. The van der Waals surface area contributed by atoms with Crippen LogP contribution in [0.4, 0.5) is 13.2 Å². The van der Waals surface area contributed by atoms with Gasteiger partial charge in [-0.15, -0.1) is 0 Å². The predicted molar refractivity (Wildman–Crippen MR) is 117 cm³/mol. The van der Waals surface area contributed by atoms with Crippen molar-refractivity contribution in [2.45, 2.75) is 31.5 Å². The topological polar surface area (TPSA) is 114 Å². The lowest BCUT2D eigenvalue weighted by molar-refractivity contribution is -0.153. The monoisotopic (exact) mass is 482 g/mol. The molecule has 0 saturated carbocycles. The Morgan fingerprint density at radius 1 is 1.23 bits per heavy atom. The number of nitrogens with zero attached hydrogens (tertiary/aromatic N) is 4. The van der Waals surface area contributed by atoms with E-state index < -0.39 is 18.8 Å². The highest BCUT2D eigenvalue weighted by molar-refractivity contribution is 5.86. The average molecular weight is 482 g/mol. The van der Waals surface area contributed by atoms with Gasteiger partial charge in [-0.2, -0.15) is 23.4 Å². The van der Waals surface area contributed by atoms with Gasteiger partial charge in [-0.05, 0) is 48.9 Å². The summed E-state index contributed by atoms with van der Waals surface area (Å²) in [5.41, 5.74) is 2.93. The van der Waals surface area contributed by atoms with Gasteiger partial charge in [0.25, 0.3) is 5.89 Å². The maximum atomic E-state index is 12.4. The molecule has 0 aliphatic carbocycles. The fourth-order valence-electron chi connectivity index (χ4n) is 4.36.